The van der Waals surface area contributed by atoms with E-state index in [0.29, 0.717) is 6.54 Å². The van der Waals surface area contributed by atoms with Crippen molar-refractivity contribution in [3.05, 3.63) is 23.7 Å². The molecule has 5 heteroatoms. The molecule has 2 N–H and O–H groups in total. The predicted octanol–water partition coefficient (Wildman–Crippen LogP) is 1.92. The van der Waals surface area contributed by atoms with Crippen LogP contribution in [0.5, 0.6) is 0 Å². The van der Waals surface area contributed by atoms with Gasteiger partial charge in [-0.3, -0.25) is 9.69 Å². The van der Waals surface area contributed by atoms with E-state index >= 15 is 0 Å². The molecule has 2 atom stereocenters. The van der Waals surface area contributed by atoms with E-state index in [9.17, 15) is 4.79 Å². The summed E-state index contributed by atoms with van der Waals surface area (Å²) in [4.78, 5) is 16.3. The average Bonchev–Trinajstić information content (AvgIpc) is 3.10. The Labute approximate surface area is 127 Å². The first kappa shape index (κ1) is 16.0. The molecule has 1 aliphatic heterocycles. The van der Waals surface area contributed by atoms with Gasteiger partial charge < -0.3 is 15.1 Å². The summed E-state index contributed by atoms with van der Waals surface area (Å²) >= 11 is 0. The molecule has 2 heterocycles. The maximum absolute atomic E-state index is 12.3. The van der Waals surface area contributed by atoms with Gasteiger partial charge in [0.1, 0.15) is 11.5 Å². The topological polar surface area (TPSA) is 62.7 Å². The largest absolute Gasteiger partial charge is 0.465 e. The van der Waals surface area contributed by atoms with E-state index in [-0.39, 0.29) is 18.0 Å². The highest BCUT2D eigenvalue weighted by molar-refractivity contribution is 5.78. The lowest BCUT2D eigenvalue weighted by molar-refractivity contribution is -0.131. The number of likely N-dealkylation sites (N-methyl/N-ethyl adjacent to an activating group) is 1. The molecule has 1 aliphatic rings. The van der Waals surface area contributed by atoms with Crippen LogP contribution in [0.25, 0.3) is 0 Å². The fourth-order valence-corrected chi connectivity index (χ4v) is 2.97. The first-order chi connectivity index (χ1) is 10.0. The number of hydrogen-bond acceptors (Lipinski definition) is 4. The van der Waals surface area contributed by atoms with Crippen molar-refractivity contribution in [2.75, 3.05) is 26.7 Å². The lowest BCUT2D eigenvalue weighted by Gasteiger charge is -2.31. The van der Waals surface area contributed by atoms with E-state index in [4.69, 9.17) is 10.2 Å². The van der Waals surface area contributed by atoms with Gasteiger partial charge in [-0.1, -0.05) is 6.92 Å². The van der Waals surface area contributed by atoms with Crippen molar-refractivity contribution in [2.24, 2.45) is 5.73 Å². The van der Waals surface area contributed by atoms with Crippen LogP contribution in [0.4, 0.5) is 0 Å². The molecule has 1 saturated heterocycles. The van der Waals surface area contributed by atoms with Crippen LogP contribution in [0, 0.1) is 6.92 Å². The van der Waals surface area contributed by atoms with Crippen molar-refractivity contribution >= 4 is 5.91 Å². The molecule has 1 aromatic rings. The molecule has 2 rings (SSSR count). The van der Waals surface area contributed by atoms with Crippen LogP contribution in [0.3, 0.4) is 0 Å². The number of carbonyl (C=O) groups excluding carboxylic acids is 1. The molecule has 1 aromatic heterocycles. The van der Waals surface area contributed by atoms with E-state index in [0.717, 1.165) is 43.9 Å². The smallest absolute Gasteiger partial charge is 0.236 e. The van der Waals surface area contributed by atoms with Crippen LogP contribution in [0.15, 0.2) is 16.5 Å². The number of amides is 1. The molecule has 0 saturated carbocycles. The van der Waals surface area contributed by atoms with Crippen LogP contribution in [-0.2, 0) is 4.79 Å². The van der Waals surface area contributed by atoms with Crippen molar-refractivity contribution in [3.63, 3.8) is 0 Å². The van der Waals surface area contributed by atoms with E-state index in [1.807, 2.05) is 35.9 Å². The van der Waals surface area contributed by atoms with Crippen molar-refractivity contribution < 1.29 is 9.21 Å². The van der Waals surface area contributed by atoms with Gasteiger partial charge in [0.25, 0.3) is 0 Å². The van der Waals surface area contributed by atoms with Crippen molar-refractivity contribution in [2.45, 2.75) is 45.2 Å². The summed E-state index contributed by atoms with van der Waals surface area (Å²) in [5.41, 5.74) is 6.26. The number of aryl methyl sites for hydroxylation is 1. The second-order valence-corrected chi connectivity index (χ2v) is 5.97. The van der Waals surface area contributed by atoms with Crippen molar-refractivity contribution in [1.29, 1.82) is 0 Å². The minimum absolute atomic E-state index is 0.0491. The van der Waals surface area contributed by atoms with E-state index in [1.54, 1.807) is 0 Å². The summed E-state index contributed by atoms with van der Waals surface area (Å²) in [7, 11) is 1.95. The zero-order valence-electron chi connectivity index (χ0n) is 13.3. The summed E-state index contributed by atoms with van der Waals surface area (Å²) in [5, 5.41) is 0. The van der Waals surface area contributed by atoms with Crippen LogP contribution in [-0.4, -0.2) is 48.4 Å². The third-order valence-corrected chi connectivity index (χ3v) is 4.25. The number of furan rings is 1. The van der Waals surface area contributed by atoms with Crippen LogP contribution >= 0.6 is 0 Å². The molecule has 1 fully saturated rings. The fourth-order valence-electron chi connectivity index (χ4n) is 2.97. The third-order valence-electron chi connectivity index (χ3n) is 4.25. The monoisotopic (exact) mass is 293 g/mol. The Morgan fingerprint density at radius 3 is 2.62 bits per heavy atom. The summed E-state index contributed by atoms with van der Waals surface area (Å²) < 4.78 is 5.75. The van der Waals surface area contributed by atoms with Crippen LogP contribution < -0.4 is 5.73 Å². The molecule has 0 radical (unpaired) electrons. The number of nitrogens with zero attached hydrogens (tertiary/aromatic N) is 2. The molecule has 118 valence electrons. The molecule has 21 heavy (non-hydrogen) atoms. The quantitative estimate of drug-likeness (QED) is 0.870. The molecule has 0 bridgehead atoms. The highest BCUT2D eigenvalue weighted by atomic mass is 16.3. The fraction of sp³-hybridized carbons (Fsp3) is 0.688. The third kappa shape index (κ3) is 3.86. The first-order valence-electron chi connectivity index (χ1n) is 7.83. The van der Waals surface area contributed by atoms with Crippen molar-refractivity contribution in [1.82, 2.24) is 9.80 Å². The van der Waals surface area contributed by atoms with Crippen LogP contribution in [0.2, 0.25) is 0 Å². The average molecular weight is 293 g/mol. The second kappa shape index (κ2) is 7.09. The Morgan fingerprint density at radius 1 is 1.43 bits per heavy atom. The number of carbonyl (C=O) groups is 1. The number of nitrogens with two attached hydrogens (primary N) is 1. The predicted molar refractivity (Wildman–Crippen MR) is 82.9 cm³/mol. The molecular weight excluding hydrogens is 266 g/mol. The highest BCUT2D eigenvalue weighted by Crippen LogP contribution is 2.26. The molecule has 0 aromatic carbocycles. The van der Waals surface area contributed by atoms with Crippen LogP contribution in [0.1, 0.15) is 43.7 Å². The molecule has 5 nitrogen and oxygen atoms in total. The molecule has 0 aliphatic carbocycles. The molecule has 0 spiro atoms. The minimum Gasteiger partial charge on any atom is -0.465 e. The Hall–Kier alpha value is -1.33. The lowest BCUT2D eigenvalue weighted by Crippen LogP contribution is -2.44. The molecule has 1 amide bonds. The summed E-state index contributed by atoms with van der Waals surface area (Å²) in [6.45, 7) is 6.14. The summed E-state index contributed by atoms with van der Waals surface area (Å²) in [6.07, 6.45) is 3.07. The highest BCUT2D eigenvalue weighted by Gasteiger charge is 2.29. The van der Waals surface area contributed by atoms with Gasteiger partial charge in [0.15, 0.2) is 0 Å². The van der Waals surface area contributed by atoms with Gasteiger partial charge >= 0.3 is 0 Å². The zero-order chi connectivity index (χ0) is 15.4. The van der Waals surface area contributed by atoms with E-state index in [2.05, 4.69) is 6.92 Å². The van der Waals surface area contributed by atoms with Gasteiger partial charge in [0, 0.05) is 19.1 Å². The van der Waals surface area contributed by atoms with E-state index < -0.39 is 0 Å². The lowest BCUT2D eigenvalue weighted by atomic mass is 10.0. The van der Waals surface area contributed by atoms with Gasteiger partial charge in [-0.05, 0) is 45.4 Å². The normalized spacial score (nSPS) is 18.2. The Morgan fingerprint density at radius 2 is 2.10 bits per heavy atom. The zero-order valence-corrected chi connectivity index (χ0v) is 13.3. The second-order valence-electron chi connectivity index (χ2n) is 5.97. The Kier molecular flexibility index (Phi) is 5.42. The summed E-state index contributed by atoms with van der Waals surface area (Å²) in [5.74, 6) is 1.91. The Bertz CT molecular complexity index is 466. The maximum Gasteiger partial charge on any atom is 0.236 e. The maximum atomic E-state index is 12.3. The van der Waals surface area contributed by atoms with Gasteiger partial charge in [-0.15, -0.1) is 0 Å². The standard InChI is InChI=1S/C16H27N3O2/c1-4-13(17)16(14-8-7-12(2)21-14)18(3)11-15(20)19-9-5-6-10-19/h7-8,13,16H,4-6,9-11,17H2,1-3H3. The summed E-state index contributed by atoms with van der Waals surface area (Å²) in [6, 6.07) is 3.80. The van der Waals surface area contributed by atoms with Gasteiger partial charge in [-0.2, -0.15) is 0 Å². The minimum atomic E-state index is -0.0600. The number of hydrogen-bond donors (Lipinski definition) is 1. The molecular formula is C16H27N3O2. The van der Waals surface area contributed by atoms with Gasteiger partial charge in [-0.25, -0.2) is 0 Å². The Balaban J connectivity index is 2.07. The van der Waals surface area contributed by atoms with Crippen molar-refractivity contribution in [3.8, 4) is 0 Å². The van der Waals surface area contributed by atoms with Gasteiger partial charge in [0.05, 0.1) is 12.6 Å². The SMILES string of the molecule is CCC(N)C(c1ccc(C)o1)N(C)CC(=O)N1CCCC1. The van der Waals surface area contributed by atoms with Gasteiger partial charge in [0.2, 0.25) is 5.91 Å². The first-order valence-corrected chi connectivity index (χ1v) is 7.83. The molecule has 2 unspecified atom stereocenters. The van der Waals surface area contributed by atoms with E-state index in [1.165, 1.54) is 0 Å². The number of rotatable bonds is 6. The number of likely N-dealkylation sites (tertiary alicyclic amines) is 1.